The molecule has 0 aliphatic carbocycles. The van der Waals surface area contributed by atoms with Gasteiger partial charge >= 0.3 is 0 Å². The van der Waals surface area contributed by atoms with E-state index in [0.29, 0.717) is 27.5 Å². The summed E-state index contributed by atoms with van der Waals surface area (Å²) >= 11 is 1.45. The Hall–Kier alpha value is -4.21. The molecule has 0 saturated carbocycles. The van der Waals surface area contributed by atoms with Gasteiger partial charge in [-0.2, -0.15) is 0 Å². The van der Waals surface area contributed by atoms with Crippen LogP contribution >= 0.6 is 11.3 Å². The first-order valence-corrected chi connectivity index (χ1v) is 13.3. The molecule has 0 atom stereocenters. The van der Waals surface area contributed by atoms with Crippen LogP contribution in [-0.4, -0.2) is 24.4 Å². The van der Waals surface area contributed by atoms with Gasteiger partial charge in [-0.3, -0.25) is 9.52 Å². The van der Waals surface area contributed by atoms with Gasteiger partial charge in [0.2, 0.25) is 0 Å². The summed E-state index contributed by atoms with van der Waals surface area (Å²) in [7, 11) is -3.74. The number of carbonyl (C=O) groups is 1. The Balaban J connectivity index is 1.31. The van der Waals surface area contributed by atoms with Crippen molar-refractivity contribution in [1.29, 1.82) is 0 Å². The molecule has 5 rings (SSSR count). The highest BCUT2D eigenvalue weighted by Crippen LogP contribution is 2.36. The summed E-state index contributed by atoms with van der Waals surface area (Å²) in [5.41, 5.74) is 3.51. The number of hydrogen-bond donors (Lipinski definition) is 3. The van der Waals surface area contributed by atoms with Gasteiger partial charge in [-0.1, -0.05) is 29.8 Å². The molecule has 5 aromatic rings. The number of fused-ring (bicyclic) bond motifs is 1. The number of nitrogens with one attached hydrogen (secondary N) is 2. The van der Waals surface area contributed by atoms with Gasteiger partial charge < -0.3 is 10.4 Å². The fourth-order valence-electron chi connectivity index (χ4n) is 3.60. The zero-order valence-corrected chi connectivity index (χ0v) is 20.7. The average Bonchev–Trinajstić information content (AvgIpc) is 3.30. The van der Waals surface area contributed by atoms with Crippen LogP contribution in [0.3, 0.4) is 0 Å². The quantitative estimate of drug-likeness (QED) is 0.239. The molecule has 0 unspecified atom stereocenters. The smallest absolute Gasteiger partial charge is 0.261 e. The zero-order chi connectivity index (χ0) is 25.3. The largest absolute Gasteiger partial charge is 0.507 e. The molecule has 36 heavy (non-hydrogen) atoms. The van der Waals surface area contributed by atoms with Crippen molar-refractivity contribution in [2.45, 2.75) is 11.8 Å². The minimum atomic E-state index is -3.74. The molecule has 3 N–H and O–H groups in total. The molecule has 9 heteroatoms. The number of phenolic OH excluding ortho intramolecular Hbond substituents is 1. The molecule has 0 bridgehead atoms. The number of aryl methyl sites for hydroxylation is 1. The number of para-hydroxylation sites is 1. The summed E-state index contributed by atoms with van der Waals surface area (Å²) in [6.45, 7) is 1.88. The lowest BCUT2D eigenvalue weighted by atomic mass is 10.1. The summed E-state index contributed by atoms with van der Waals surface area (Å²) in [6, 6.07) is 25.2. The maximum absolute atomic E-state index is 12.8. The number of carbonyl (C=O) groups excluding carboxylic acids is 1. The number of hydrogen-bond acceptors (Lipinski definition) is 6. The molecule has 0 aliphatic heterocycles. The Kier molecular flexibility index (Phi) is 6.17. The van der Waals surface area contributed by atoms with E-state index in [4.69, 9.17) is 0 Å². The second-order valence-corrected chi connectivity index (χ2v) is 10.9. The van der Waals surface area contributed by atoms with Crippen LogP contribution < -0.4 is 10.0 Å². The molecule has 7 nitrogen and oxygen atoms in total. The number of rotatable bonds is 6. The van der Waals surface area contributed by atoms with Crippen LogP contribution in [0.1, 0.15) is 15.9 Å². The van der Waals surface area contributed by atoms with E-state index >= 15 is 0 Å². The average molecular weight is 516 g/mol. The van der Waals surface area contributed by atoms with E-state index in [2.05, 4.69) is 15.0 Å². The number of thiazole rings is 1. The lowest BCUT2D eigenvalue weighted by Crippen LogP contribution is -2.14. The minimum Gasteiger partial charge on any atom is -0.507 e. The molecular weight excluding hydrogens is 494 g/mol. The zero-order valence-electron chi connectivity index (χ0n) is 19.1. The third-order valence-corrected chi connectivity index (χ3v) is 7.98. The van der Waals surface area contributed by atoms with E-state index < -0.39 is 10.0 Å². The van der Waals surface area contributed by atoms with Crippen molar-refractivity contribution >= 4 is 48.9 Å². The van der Waals surface area contributed by atoms with Gasteiger partial charge in [0.05, 0.1) is 20.7 Å². The highest BCUT2D eigenvalue weighted by Gasteiger charge is 2.15. The number of benzene rings is 4. The van der Waals surface area contributed by atoms with Crippen molar-refractivity contribution in [1.82, 2.24) is 4.98 Å². The highest BCUT2D eigenvalue weighted by atomic mass is 32.2. The van der Waals surface area contributed by atoms with Crippen molar-refractivity contribution in [2.24, 2.45) is 0 Å². The Labute approximate surface area is 212 Å². The summed E-state index contributed by atoms with van der Waals surface area (Å²) < 4.78 is 28.7. The van der Waals surface area contributed by atoms with Crippen molar-refractivity contribution in [3.05, 3.63) is 102 Å². The lowest BCUT2D eigenvalue weighted by molar-refractivity contribution is 0.102. The Morgan fingerprint density at radius 3 is 2.31 bits per heavy atom. The third kappa shape index (κ3) is 4.93. The van der Waals surface area contributed by atoms with Crippen LogP contribution in [0.15, 0.2) is 95.9 Å². The molecule has 1 aromatic heterocycles. The van der Waals surface area contributed by atoms with E-state index in [1.54, 1.807) is 36.4 Å². The molecule has 0 fully saturated rings. The van der Waals surface area contributed by atoms with Gasteiger partial charge in [0.15, 0.2) is 0 Å². The Morgan fingerprint density at radius 1 is 0.889 bits per heavy atom. The Morgan fingerprint density at radius 2 is 1.58 bits per heavy atom. The normalized spacial score (nSPS) is 11.4. The monoisotopic (exact) mass is 515 g/mol. The number of amides is 1. The van der Waals surface area contributed by atoms with E-state index in [-0.39, 0.29) is 16.6 Å². The first-order chi connectivity index (χ1) is 17.3. The first kappa shape index (κ1) is 23.5. The molecule has 0 aliphatic rings. The fraction of sp³-hybridized carbons (Fsp3) is 0.0370. The maximum Gasteiger partial charge on any atom is 0.261 e. The van der Waals surface area contributed by atoms with Crippen molar-refractivity contribution < 1.29 is 18.3 Å². The van der Waals surface area contributed by atoms with Crippen LogP contribution in [0.25, 0.3) is 20.8 Å². The second kappa shape index (κ2) is 9.44. The highest BCUT2D eigenvalue weighted by molar-refractivity contribution is 7.92. The molecular formula is C27H21N3O4S2. The van der Waals surface area contributed by atoms with E-state index in [0.717, 1.165) is 15.8 Å². The lowest BCUT2D eigenvalue weighted by Gasteiger charge is -2.10. The number of sulfonamides is 1. The van der Waals surface area contributed by atoms with Crippen LogP contribution in [0.2, 0.25) is 0 Å². The summed E-state index contributed by atoms with van der Waals surface area (Å²) in [6.07, 6.45) is 0. The van der Waals surface area contributed by atoms with Gasteiger partial charge in [0.25, 0.3) is 15.9 Å². The number of aromatic hydroxyl groups is 1. The number of aromatic nitrogens is 1. The SMILES string of the molecule is Cc1ccc(S(=O)(=O)Nc2ccc(C(=O)Nc3ccc(O)c(-c4nc5ccccc5s4)c3)cc2)cc1. The van der Waals surface area contributed by atoms with Gasteiger partial charge in [-0.15, -0.1) is 11.3 Å². The molecule has 1 heterocycles. The number of phenols is 1. The number of anilines is 2. The minimum absolute atomic E-state index is 0.0669. The second-order valence-electron chi connectivity index (χ2n) is 8.17. The number of nitrogens with zero attached hydrogens (tertiary/aromatic N) is 1. The molecule has 1 amide bonds. The van der Waals surface area contributed by atoms with E-state index in [9.17, 15) is 18.3 Å². The van der Waals surface area contributed by atoms with Crippen molar-refractivity contribution in [2.75, 3.05) is 10.0 Å². The fourth-order valence-corrected chi connectivity index (χ4v) is 5.65. The predicted octanol–water partition coefficient (Wildman–Crippen LogP) is 6.03. The van der Waals surface area contributed by atoms with Gasteiger partial charge in [-0.05, 0) is 73.7 Å². The third-order valence-electron chi connectivity index (χ3n) is 5.51. The van der Waals surface area contributed by atoms with Gasteiger partial charge in [-0.25, -0.2) is 13.4 Å². The molecule has 0 spiro atoms. The predicted molar refractivity (Wildman–Crippen MR) is 143 cm³/mol. The topological polar surface area (TPSA) is 108 Å². The molecule has 0 radical (unpaired) electrons. The summed E-state index contributed by atoms with van der Waals surface area (Å²) in [5.74, 6) is -0.304. The van der Waals surface area contributed by atoms with E-state index in [1.165, 1.54) is 41.7 Å². The Bertz CT molecular complexity index is 1640. The van der Waals surface area contributed by atoms with Gasteiger partial charge in [0, 0.05) is 16.9 Å². The molecule has 4 aromatic carbocycles. The van der Waals surface area contributed by atoms with Crippen molar-refractivity contribution in [3.8, 4) is 16.3 Å². The molecule has 180 valence electrons. The summed E-state index contributed by atoms with van der Waals surface area (Å²) in [4.78, 5) is 17.5. The first-order valence-electron chi connectivity index (χ1n) is 11.0. The van der Waals surface area contributed by atoms with Crippen LogP contribution in [-0.2, 0) is 10.0 Å². The molecule has 0 saturated heterocycles. The van der Waals surface area contributed by atoms with Crippen LogP contribution in [0.4, 0.5) is 11.4 Å². The summed E-state index contributed by atoms with van der Waals surface area (Å²) in [5, 5.41) is 13.8. The van der Waals surface area contributed by atoms with E-state index in [1.807, 2.05) is 31.2 Å². The standard InChI is InChI=1S/C27H21N3O4S2/c1-17-6-13-21(14-7-17)36(33,34)30-19-10-8-18(9-11-19)26(32)28-20-12-15-24(31)22(16-20)27-29-23-4-2-3-5-25(23)35-27/h2-16,30-31H,1H3,(H,28,32). The van der Waals surface area contributed by atoms with Crippen molar-refractivity contribution in [3.63, 3.8) is 0 Å². The van der Waals surface area contributed by atoms with Crippen LogP contribution in [0, 0.1) is 6.92 Å². The van der Waals surface area contributed by atoms with Crippen LogP contribution in [0.5, 0.6) is 5.75 Å². The van der Waals surface area contributed by atoms with Gasteiger partial charge in [0.1, 0.15) is 10.8 Å². The maximum atomic E-state index is 12.8.